The van der Waals surface area contributed by atoms with Gasteiger partial charge in [-0.2, -0.15) is 22.7 Å². The first kappa shape index (κ1) is 28.0. The molecule has 0 radical (unpaired) electrons. The third-order valence-electron chi connectivity index (χ3n) is 6.62. The fourth-order valence-corrected chi connectivity index (χ4v) is 4.96. The quantitative estimate of drug-likeness (QED) is 0.335. The van der Waals surface area contributed by atoms with E-state index in [1.165, 1.54) is 4.57 Å². The minimum Gasteiger partial charge on any atom is -0.377 e. The summed E-state index contributed by atoms with van der Waals surface area (Å²) in [6.07, 6.45) is -2.33. The molecule has 5 heterocycles. The molecule has 0 bridgehead atoms. The summed E-state index contributed by atoms with van der Waals surface area (Å²) in [5.74, 6) is -1.99. The summed E-state index contributed by atoms with van der Waals surface area (Å²) in [6, 6.07) is 0.469. The maximum atomic E-state index is 14.1. The van der Waals surface area contributed by atoms with Crippen LogP contribution in [0.4, 0.5) is 28.9 Å². The second-order valence-electron chi connectivity index (χ2n) is 9.18. The first-order valence-corrected chi connectivity index (χ1v) is 12.9. The van der Waals surface area contributed by atoms with Gasteiger partial charge in [-0.3, -0.25) is 9.59 Å². The molecule has 16 heteroatoms. The standard InChI is InChI=1S/C24H25ClF4N8O3/c1-2-16-18(35-7-5-30-6-8-35)22(39)37-23(33-21(34-37)13-3-9-40-10-4-13)36(16)12-17(38)31-15-11-14(26)19(24(27,28)29)32-20(15)25/h3,11,30H,2,4-10,12H2,1H3,(H,31,38). The van der Waals surface area contributed by atoms with E-state index in [2.05, 4.69) is 25.7 Å². The fraction of sp³-hybridized carbons (Fsp3) is 0.458. The van der Waals surface area contributed by atoms with Gasteiger partial charge in [-0.25, -0.2) is 9.37 Å². The number of rotatable bonds is 6. The molecule has 3 aromatic heterocycles. The van der Waals surface area contributed by atoms with E-state index in [-0.39, 0.29) is 11.3 Å². The highest BCUT2D eigenvalue weighted by Crippen LogP contribution is 2.33. The zero-order valence-corrected chi connectivity index (χ0v) is 22.1. The van der Waals surface area contributed by atoms with E-state index < -0.39 is 41.0 Å². The van der Waals surface area contributed by atoms with Gasteiger partial charge in [-0.05, 0) is 18.4 Å². The maximum Gasteiger partial charge on any atom is 0.436 e. The van der Waals surface area contributed by atoms with Gasteiger partial charge in [0.25, 0.3) is 5.56 Å². The predicted octanol–water partition coefficient (Wildman–Crippen LogP) is 2.51. The minimum atomic E-state index is -5.06. The van der Waals surface area contributed by atoms with Gasteiger partial charge in [0.1, 0.15) is 12.2 Å². The summed E-state index contributed by atoms with van der Waals surface area (Å²) < 4.78 is 61.2. The number of carbonyl (C=O) groups excluding carboxylic acids is 1. The SMILES string of the molecule is CCc1c(N2CCNCC2)c(=O)n2nc(C3=CCOCC3)nc2n1CC(=O)Nc1cc(F)c(C(F)(F)F)nc1Cl. The average Bonchev–Trinajstić information content (AvgIpc) is 3.38. The Balaban J connectivity index is 1.58. The van der Waals surface area contributed by atoms with E-state index >= 15 is 0 Å². The van der Waals surface area contributed by atoms with E-state index in [1.54, 1.807) is 0 Å². The van der Waals surface area contributed by atoms with Crippen LogP contribution >= 0.6 is 11.6 Å². The smallest absolute Gasteiger partial charge is 0.377 e. The molecule has 0 saturated carbocycles. The van der Waals surface area contributed by atoms with Crippen LogP contribution in [0.1, 0.15) is 30.6 Å². The Kier molecular flexibility index (Phi) is 7.79. The molecule has 0 aromatic carbocycles. The number of halogens is 5. The number of fused-ring (bicyclic) bond motifs is 1. The molecule has 5 rings (SSSR count). The highest BCUT2D eigenvalue weighted by Gasteiger charge is 2.37. The van der Waals surface area contributed by atoms with Gasteiger partial charge in [0, 0.05) is 32.2 Å². The number of hydrogen-bond acceptors (Lipinski definition) is 8. The normalized spacial score (nSPS) is 16.4. The van der Waals surface area contributed by atoms with E-state index in [4.69, 9.17) is 16.3 Å². The fourth-order valence-electron chi connectivity index (χ4n) is 4.77. The highest BCUT2D eigenvalue weighted by molar-refractivity contribution is 6.32. The molecule has 1 amide bonds. The second-order valence-corrected chi connectivity index (χ2v) is 9.54. The number of carbonyl (C=O) groups is 1. The van der Waals surface area contributed by atoms with E-state index in [0.717, 1.165) is 10.1 Å². The predicted molar refractivity (Wildman–Crippen MR) is 138 cm³/mol. The van der Waals surface area contributed by atoms with Crippen molar-refractivity contribution in [3.05, 3.63) is 50.7 Å². The molecule has 0 unspecified atom stereocenters. The lowest BCUT2D eigenvalue weighted by atomic mass is 10.1. The molecule has 1 saturated heterocycles. The largest absolute Gasteiger partial charge is 0.436 e. The average molecular weight is 585 g/mol. The zero-order valence-electron chi connectivity index (χ0n) is 21.3. The Morgan fingerprint density at radius 1 is 1.25 bits per heavy atom. The molecule has 11 nitrogen and oxygen atoms in total. The van der Waals surface area contributed by atoms with Gasteiger partial charge in [0.05, 0.1) is 24.6 Å². The summed E-state index contributed by atoms with van der Waals surface area (Å²) >= 11 is 5.85. The van der Waals surface area contributed by atoms with Gasteiger partial charge in [-0.1, -0.05) is 24.6 Å². The van der Waals surface area contributed by atoms with Crippen LogP contribution in [0.5, 0.6) is 0 Å². The third kappa shape index (κ3) is 5.40. The molecular weight excluding hydrogens is 560 g/mol. The van der Waals surface area contributed by atoms with Crippen molar-refractivity contribution in [2.75, 3.05) is 49.6 Å². The van der Waals surface area contributed by atoms with Gasteiger partial charge >= 0.3 is 6.18 Å². The van der Waals surface area contributed by atoms with Gasteiger partial charge in [0.2, 0.25) is 11.7 Å². The first-order chi connectivity index (χ1) is 19.1. The van der Waals surface area contributed by atoms with Crippen LogP contribution in [0.25, 0.3) is 11.4 Å². The van der Waals surface area contributed by atoms with Crippen molar-refractivity contribution in [3.8, 4) is 0 Å². The third-order valence-corrected chi connectivity index (χ3v) is 6.91. The lowest BCUT2D eigenvalue weighted by Gasteiger charge is -2.31. The van der Waals surface area contributed by atoms with E-state index in [1.807, 2.05) is 17.9 Å². The van der Waals surface area contributed by atoms with Crippen LogP contribution in [0.3, 0.4) is 0 Å². The number of hydrogen-bond donors (Lipinski definition) is 2. The number of nitrogens with one attached hydrogen (secondary N) is 2. The van der Waals surface area contributed by atoms with Crippen molar-refractivity contribution in [1.82, 2.24) is 29.5 Å². The van der Waals surface area contributed by atoms with Crippen LogP contribution in [0, 0.1) is 5.82 Å². The van der Waals surface area contributed by atoms with E-state index in [9.17, 15) is 27.2 Å². The summed E-state index contributed by atoms with van der Waals surface area (Å²) in [5.41, 5.74) is -0.896. The topological polar surface area (TPSA) is 119 Å². The summed E-state index contributed by atoms with van der Waals surface area (Å²) in [4.78, 5) is 36.5. The first-order valence-electron chi connectivity index (χ1n) is 12.6. The lowest BCUT2D eigenvalue weighted by molar-refractivity contribution is -0.143. The molecule has 40 heavy (non-hydrogen) atoms. The van der Waals surface area contributed by atoms with Crippen LogP contribution in [0.2, 0.25) is 5.15 Å². The number of aromatic nitrogens is 5. The van der Waals surface area contributed by atoms with Gasteiger partial charge in [0.15, 0.2) is 22.5 Å². The van der Waals surface area contributed by atoms with Crippen molar-refractivity contribution in [2.45, 2.75) is 32.5 Å². The number of ether oxygens (including phenoxy) is 1. The Morgan fingerprint density at radius 2 is 2.00 bits per heavy atom. The van der Waals surface area contributed by atoms with Crippen molar-refractivity contribution in [3.63, 3.8) is 0 Å². The van der Waals surface area contributed by atoms with Crippen LogP contribution < -0.4 is 21.1 Å². The van der Waals surface area contributed by atoms with Crippen molar-refractivity contribution < 1.29 is 27.1 Å². The van der Waals surface area contributed by atoms with E-state index in [0.29, 0.717) is 75.5 Å². The molecule has 214 valence electrons. The minimum absolute atomic E-state index is 0.112. The van der Waals surface area contributed by atoms with Crippen molar-refractivity contribution in [2.24, 2.45) is 0 Å². The van der Waals surface area contributed by atoms with Crippen LogP contribution in [-0.4, -0.2) is 69.4 Å². The van der Waals surface area contributed by atoms with Gasteiger partial charge < -0.3 is 24.8 Å². The zero-order chi connectivity index (χ0) is 28.6. The summed E-state index contributed by atoms with van der Waals surface area (Å²) in [7, 11) is 0. The molecule has 0 atom stereocenters. The van der Waals surface area contributed by atoms with Crippen LogP contribution in [0.15, 0.2) is 16.9 Å². The Morgan fingerprint density at radius 3 is 2.65 bits per heavy atom. The van der Waals surface area contributed by atoms with Crippen LogP contribution in [-0.2, 0) is 28.7 Å². The molecular formula is C24H25ClF4N8O3. The Hall–Kier alpha value is -3.56. The number of amides is 1. The Labute approximate surface area is 229 Å². The molecule has 0 spiro atoms. The number of nitrogens with zero attached hydrogens (tertiary/aromatic N) is 6. The number of alkyl halides is 3. The number of pyridine rings is 1. The molecule has 2 N–H and O–H groups in total. The second kappa shape index (κ2) is 11.1. The highest BCUT2D eigenvalue weighted by atomic mass is 35.5. The molecule has 3 aromatic rings. The maximum absolute atomic E-state index is 14.1. The summed E-state index contributed by atoms with van der Waals surface area (Å²) in [5, 5.41) is 9.31. The molecule has 2 aliphatic heterocycles. The lowest BCUT2D eigenvalue weighted by Crippen LogP contribution is -2.47. The van der Waals surface area contributed by atoms with Crippen molar-refractivity contribution >= 4 is 40.2 Å². The van der Waals surface area contributed by atoms with Gasteiger partial charge in [-0.15, -0.1) is 5.10 Å². The molecule has 0 aliphatic carbocycles. The van der Waals surface area contributed by atoms with Crippen molar-refractivity contribution in [1.29, 1.82) is 0 Å². The Bertz CT molecular complexity index is 1550. The summed E-state index contributed by atoms with van der Waals surface area (Å²) in [6.45, 7) is 4.68. The number of anilines is 2. The monoisotopic (exact) mass is 584 g/mol. The number of piperazine rings is 1. The molecule has 2 aliphatic rings. The molecule has 1 fully saturated rings.